The molecular weight excluding hydrogens is 360 g/mol. The summed E-state index contributed by atoms with van der Waals surface area (Å²) >= 11 is 0. The van der Waals surface area contributed by atoms with E-state index in [9.17, 15) is 9.59 Å². The third kappa shape index (κ3) is 3.96. The number of rotatable bonds is 7. The first-order chi connectivity index (χ1) is 13.5. The molecule has 0 saturated carbocycles. The Morgan fingerprint density at radius 2 is 2.00 bits per heavy atom. The highest BCUT2D eigenvalue weighted by molar-refractivity contribution is 5.82. The summed E-state index contributed by atoms with van der Waals surface area (Å²) in [5, 5.41) is 3.36. The predicted molar refractivity (Wildman–Crippen MR) is 107 cm³/mol. The van der Waals surface area contributed by atoms with Crippen LogP contribution in [-0.4, -0.2) is 60.3 Å². The Kier molecular flexibility index (Phi) is 6.18. The molecule has 0 radical (unpaired) electrons. The van der Waals surface area contributed by atoms with Crippen molar-refractivity contribution in [2.75, 3.05) is 33.9 Å². The Hall–Kier alpha value is -2.61. The third-order valence-corrected chi connectivity index (χ3v) is 5.39. The van der Waals surface area contributed by atoms with Crippen LogP contribution in [0.5, 0.6) is 11.5 Å². The number of nitrogens with one attached hydrogen (secondary N) is 1. The number of aryl methyl sites for hydroxylation is 1. The van der Waals surface area contributed by atoms with Crippen LogP contribution in [0.15, 0.2) is 16.9 Å². The number of aromatic nitrogens is 2. The van der Waals surface area contributed by atoms with Crippen molar-refractivity contribution in [1.82, 2.24) is 19.8 Å². The highest BCUT2D eigenvalue weighted by Gasteiger charge is 2.23. The van der Waals surface area contributed by atoms with Gasteiger partial charge in [0.05, 0.1) is 25.1 Å². The Bertz CT molecular complexity index is 925. The average molecular weight is 388 g/mol. The van der Waals surface area contributed by atoms with Gasteiger partial charge in [-0.1, -0.05) is 6.92 Å². The van der Waals surface area contributed by atoms with Crippen LogP contribution in [-0.2, 0) is 11.3 Å². The minimum Gasteiger partial charge on any atom is -0.493 e. The van der Waals surface area contributed by atoms with Gasteiger partial charge >= 0.3 is 0 Å². The van der Waals surface area contributed by atoms with Gasteiger partial charge in [0.25, 0.3) is 5.56 Å². The number of carbonyl (C=O) groups excluding carboxylic acids is 1. The normalized spacial score (nSPS) is 17.1. The first-order valence-electron chi connectivity index (χ1n) is 9.62. The molecule has 1 N–H and O–H groups in total. The summed E-state index contributed by atoms with van der Waals surface area (Å²) in [6, 6.07) is 3.65. The lowest BCUT2D eigenvalue weighted by atomic mass is 10.2. The van der Waals surface area contributed by atoms with Crippen LogP contribution >= 0.6 is 0 Å². The van der Waals surface area contributed by atoms with Gasteiger partial charge in [0.1, 0.15) is 12.4 Å². The van der Waals surface area contributed by atoms with E-state index in [1.165, 1.54) is 18.8 Å². The van der Waals surface area contributed by atoms with Gasteiger partial charge in [-0.3, -0.25) is 19.1 Å². The number of carbonyl (C=O) groups is 1. The fraction of sp³-hybridized carbons (Fsp3) is 0.550. The molecular formula is C20H28N4O4. The fourth-order valence-electron chi connectivity index (χ4n) is 3.82. The summed E-state index contributed by atoms with van der Waals surface area (Å²) in [6.07, 6.45) is 2.25. The second kappa shape index (κ2) is 8.60. The van der Waals surface area contributed by atoms with Gasteiger partial charge in [-0.25, -0.2) is 4.98 Å². The minimum atomic E-state index is -0.269. The number of hydrogen-bond donors (Lipinski definition) is 1. The lowest BCUT2D eigenvalue weighted by molar-refractivity contribution is -0.122. The smallest absolute Gasteiger partial charge is 0.262 e. The van der Waals surface area contributed by atoms with Crippen LogP contribution in [0.2, 0.25) is 0 Å². The van der Waals surface area contributed by atoms with Crippen molar-refractivity contribution < 1.29 is 14.3 Å². The molecule has 1 aliphatic heterocycles. The number of ether oxygens (including phenoxy) is 2. The Morgan fingerprint density at radius 3 is 2.68 bits per heavy atom. The summed E-state index contributed by atoms with van der Waals surface area (Å²) in [6.45, 7) is 6.47. The molecule has 2 heterocycles. The van der Waals surface area contributed by atoms with Crippen LogP contribution in [0, 0.1) is 6.92 Å². The van der Waals surface area contributed by atoms with E-state index in [1.807, 2.05) is 0 Å². The van der Waals surface area contributed by atoms with Crippen molar-refractivity contribution in [1.29, 1.82) is 0 Å². The van der Waals surface area contributed by atoms with Gasteiger partial charge in [0.2, 0.25) is 5.91 Å². The molecule has 1 saturated heterocycles. The molecule has 8 nitrogen and oxygen atoms in total. The second-order valence-electron chi connectivity index (χ2n) is 7.00. The predicted octanol–water partition coefficient (Wildman–Crippen LogP) is 1.32. The number of likely N-dealkylation sites (tertiary alicyclic amines) is 1. The lowest BCUT2D eigenvalue weighted by Gasteiger charge is -2.23. The van der Waals surface area contributed by atoms with Crippen molar-refractivity contribution in [3.63, 3.8) is 0 Å². The van der Waals surface area contributed by atoms with Crippen LogP contribution in [0.1, 0.15) is 25.6 Å². The van der Waals surface area contributed by atoms with E-state index < -0.39 is 0 Å². The standard InChI is InChI=1S/C20H28N4O4/c1-5-23-8-6-7-14(23)11-21-19(25)12-24-13(2)22-16-10-18(28-4)17(27-3)9-15(16)20(24)26/h9-10,14H,5-8,11-12H2,1-4H3,(H,21,25). The molecule has 1 aliphatic rings. The Labute approximate surface area is 164 Å². The van der Waals surface area contributed by atoms with E-state index in [2.05, 4.69) is 22.1 Å². The van der Waals surface area contributed by atoms with Gasteiger partial charge in [-0.05, 0) is 38.9 Å². The number of methoxy groups -OCH3 is 2. The van der Waals surface area contributed by atoms with Crippen LogP contribution in [0.3, 0.4) is 0 Å². The van der Waals surface area contributed by atoms with Crippen LogP contribution < -0.4 is 20.3 Å². The molecule has 0 spiro atoms. The summed E-state index contributed by atoms with van der Waals surface area (Å²) in [4.78, 5) is 32.3. The molecule has 1 atom stereocenters. The Balaban J connectivity index is 1.80. The molecule has 28 heavy (non-hydrogen) atoms. The number of nitrogens with zero attached hydrogens (tertiary/aromatic N) is 3. The summed E-state index contributed by atoms with van der Waals surface area (Å²) in [5.41, 5.74) is 0.246. The molecule has 3 rings (SSSR count). The highest BCUT2D eigenvalue weighted by atomic mass is 16.5. The van der Waals surface area contributed by atoms with E-state index in [1.54, 1.807) is 19.1 Å². The number of likely N-dealkylation sites (N-methyl/N-ethyl adjacent to an activating group) is 1. The summed E-state index contributed by atoms with van der Waals surface area (Å²) in [7, 11) is 3.05. The number of benzene rings is 1. The maximum absolute atomic E-state index is 12.9. The molecule has 1 fully saturated rings. The zero-order valence-corrected chi connectivity index (χ0v) is 16.9. The van der Waals surface area contributed by atoms with Gasteiger partial charge in [0, 0.05) is 18.7 Å². The first kappa shape index (κ1) is 20.1. The zero-order valence-electron chi connectivity index (χ0n) is 16.9. The molecule has 1 amide bonds. The minimum absolute atomic E-state index is 0.0548. The van der Waals surface area contributed by atoms with Gasteiger partial charge < -0.3 is 14.8 Å². The topological polar surface area (TPSA) is 85.7 Å². The molecule has 8 heteroatoms. The molecule has 152 valence electrons. The molecule has 1 unspecified atom stereocenters. The Morgan fingerprint density at radius 1 is 1.29 bits per heavy atom. The SMILES string of the molecule is CCN1CCCC1CNC(=O)Cn1c(C)nc2cc(OC)c(OC)cc2c1=O. The van der Waals surface area contributed by atoms with Gasteiger partial charge in [0.15, 0.2) is 11.5 Å². The van der Waals surface area contributed by atoms with Gasteiger partial charge in [-0.15, -0.1) is 0 Å². The van der Waals surface area contributed by atoms with E-state index in [4.69, 9.17) is 9.47 Å². The molecule has 2 aromatic rings. The number of amides is 1. The second-order valence-corrected chi connectivity index (χ2v) is 7.00. The van der Waals surface area contributed by atoms with Crippen molar-refractivity contribution >= 4 is 16.8 Å². The fourth-order valence-corrected chi connectivity index (χ4v) is 3.82. The average Bonchev–Trinajstić information content (AvgIpc) is 3.16. The maximum atomic E-state index is 12.9. The van der Waals surface area contributed by atoms with E-state index in [0.29, 0.717) is 40.8 Å². The maximum Gasteiger partial charge on any atom is 0.262 e. The molecule has 1 aromatic carbocycles. The van der Waals surface area contributed by atoms with E-state index in [0.717, 1.165) is 25.9 Å². The molecule has 1 aromatic heterocycles. The van der Waals surface area contributed by atoms with Crippen molar-refractivity contribution in [2.24, 2.45) is 0 Å². The number of hydrogen-bond acceptors (Lipinski definition) is 6. The van der Waals surface area contributed by atoms with E-state index >= 15 is 0 Å². The van der Waals surface area contributed by atoms with Gasteiger partial charge in [-0.2, -0.15) is 0 Å². The lowest BCUT2D eigenvalue weighted by Crippen LogP contribution is -2.42. The van der Waals surface area contributed by atoms with E-state index in [-0.39, 0.29) is 18.0 Å². The monoisotopic (exact) mass is 388 g/mol. The van der Waals surface area contributed by atoms with Crippen molar-refractivity contribution in [3.05, 3.63) is 28.3 Å². The van der Waals surface area contributed by atoms with Crippen LogP contribution in [0.25, 0.3) is 10.9 Å². The largest absolute Gasteiger partial charge is 0.493 e. The zero-order chi connectivity index (χ0) is 20.3. The van der Waals surface area contributed by atoms with Crippen molar-refractivity contribution in [2.45, 2.75) is 39.3 Å². The number of fused-ring (bicyclic) bond motifs is 1. The summed E-state index contributed by atoms with van der Waals surface area (Å²) in [5.74, 6) is 1.26. The quantitative estimate of drug-likeness (QED) is 0.770. The summed E-state index contributed by atoms with van der Waals surface area (Å²) < 4.78 is 12.0. The molecule has 0 aliphatic carbocycles. The van der Waals surface area contributed by atoms with Crippen molar-refractivity contribution in [3.8, 4) is 11.5 Å². The first-order valence-corrected chi connectivity index (χ1v) is 9.62. The highest BCUT2D eigenvalue weighted by Crippen LogP contribution is 2.30. The molecule has 0 bridgehead atoms. The third-order valence-electron chi connectivity index (χ3n) is 5.39. The van der Waals surface area contributed by atoms with Crippen LogP contribution in [0.4, 0.5) is 0 Å².